The lowest BCUT2D eigenvalue weighted by atomic mass is 10.1. The number of aromatic nitrogens is 2. The van der Waals surface area contributed by atoms with E-state index in [0.717, 1.165) is 18.5 Å². The molecule has 0 bridgehead atoms. The third kappa shape index (κ3) is 5.92. The fourth-order valence-corrected chi connectivity index (χ4v) is 3.89. The van der Waals surface area contributed by atoms with Crippen LogP contribution in [0.5, 0.6) is 0 Å². The van der Waals surface area contributed by atoms with E-state index in [1.807, 2.05) is 26.0 Å². The Bertz CT molecular complexity index is 1020. The number of rotatable bonds is 9. The summed E-state index contributed by atoms with van der Waals surface area (Å²) in [5, 5.41) is 3.49. The van der Waals surface area contributed by atoms with E-state index in [4.69, 9.17) is 4.74 Å². The first kappa shape index (κ1) is 23.9. The maximum atomic E-state index is 12.4. The summed E-state index contributed by atoms with van der Waals surface area (Å²) in [5.74, 6) is 0.494. The minimum atomic E-state index is -0.414. The highest BCUT2D eigenvalue weighted by atomic mass is 16.5. The van der Waals surface area contributed by atoms with Crippen LogP contribution in [0.25, 0.3) is 10.9 Å². The number of carbonyl (C=O) groups is 2. The first-order valence-corrected chi connectivity index (χ1v) is 11.1. The zero-order valence-electron chi connectivity index (χ0n) is 19.3. The normalized spacial score (nSPS) is 18.3. The number of hydrogen-bond acceptors (Lipinski definition) is 6. The summed E-state index contributed by atoms with van der Waals surface area (Å²) < 4.78 is 5.76. The highest BCUT2D eigenvalue weighted by Gasteiger charge is 2.31. The van der Waals surface area contributed by atoms with Crippen molar-refractivity contribution in [1.29, 1.82) is 0 Å². The predicted molar refractivity (Wildman–Crippen MR) is 122 cm³/mol. The van der Waals surface area contributed by atoms with Crippen molar-refractivity contribution < 1.29 is 14.3 Å². The van der Waals surface area contributed by atoms with Gasteiger partial charge in [-0.25, -0.2) is 4.98 Å². The Morgan fingerprint density at radius 1 is 1.28 bits per heavy atom. The molecule has 9 nitrogen and oxygen atoms in total. The third-order valence-corrected chi connectivity index (χ3v) is 5.81. The first-order chi connectivity index (χ1) is 15.3. The second-order valence-electron chi connectivity index (χ2n) is 8.46. The molecule has 1 aromatic heterocycles. The van der Waals surface area contributed by atoms with Crippen LogP contribution in [-0.2, 0) is 20.9 Å². The summed E-state index contributed by atoms with van der Waals surface area (Å²) in [4.78, 5) is 47.8. The summed E-state index contributed by atoms with van der Waals surface area (Å²) in [5.41, 5.74) is 1.52. The van der Waals surface area contributed by atoms with Gasteiger partial charge in [0, 0.05) is 33.6 Å². The first-order valence-electron chi connectivity index (χ1n) is 11.1. The molecular weight excluding hydrogens is 410 g/mol. The van der Waals surface area contributed by atoms with Crippen molar-refractivity contribution in [3.63, 3.8) is 0 Å². The number of fused-ring (bicyclic) bond motifs is 1. The third-order valence-electron chi connectivity index (χ3n) is 5.81. The second-order valence-corrected chi connectivity index (χ2v) is 8.46. The Morgan fingerprint density at radius 2 is 2.06 bits per heavy atom. The summed E-state index contributed by atoms with van der Waals surface area (Å²) >= 11 is 0. The molecule has 32 heavy (non-hydrogen) atoms. The molecule has 0 radical (unpaired) electrons. The fourth-order valence-electron chi connectivity index (χ4n) is 3.89. The molecule has 0 spiro atoms. The van der Waals surface area contributed by atoms with Gasteiger partial charge in [-0.3, -0.25) is 19.3 Å². The number of benzene rings is 1. The van der Waals surface area contributed by atoms with Crippen molar-refractivity contribution in [1.82, 2.24) is 25.1 Å². The minimum Gasteiger partial charge on any atom is -0.363 e. The molecule has 2 aromatic rings. The number of nitrogens with zero attached hydrogens (tertiary/aromatic N) is 3. The quantitative estimate of drug-likeness (QED) is 0.603. The standard InChI is InChI=1S/C23H33N5O4/c1-5-28(14-19-25-21-15(2)7-6-8-17(21)22(30)26-19)12-11-20(29)24-13-16-9-10-18(32-16)23(31)27(3)4/h6-8,16,18H,5,9-14H2,1-4H3,(H,24,29)(H,25,26,30)/t16-,18-/m0/s1. The van der Waals surface area contributed by atoms with Crippen LogP contribution < -0.4 is 10.9 Å². The van der Waals surface area contributed by atoms with Gasteiger partial charge < -0.3 is 19.9 Å². The SMILES string of the molecule is CCN(CCC(=O)NC[C@@H]1CC[C@@H](C(=O)N(C)C)O1)Cc1nc2c(C)cccc2c(=O)[nH]1. The summed E-state index contributed by atoms with van der Waals surface area (Å²) in [7, 11) is 3.43. The van der Waals surface area contributed by atoms with Crippen molar-refractivity contribution in [2.75, 3.05) is 33.7 Å². The van der Waals surface area contributed by atoms with Crippen LogP contribution in [0.2, 0.25) is 0 Å². The molecule has 0 unspecified atom stereocenters. The summed E-state index contributed by atoms with van der Waals surface area (Å²) in [6, 6.07) is 5.56. The predicted octanol–water partition coefficient (Wildman–Crippen LogP) is 1.20. The number of carbonyl (C=O) groups excluding carboxylic acids is 2. The maximum absolute atomic E-state index is 12.4. The van der Waals surface area contributed by atoms with Gasteiger partial charge in [0.05, 0.1) is 23.6 Å². The highest BCUT2D eigenvalue weighted by molar-refractivity contribution is 5.81. The minimum absolute atomic E-state index is 0.0343. The Balaban J connectivity index is 1.48. The van der Waals surface area contributed by atoms with E-state index in [2.05, 4.69) is 20.2 Å². The van der Waals surface area contributed by atoms with Gasteiger partial charge in [0.2, 0.25) is 5.91 Å². The highest BCUT2D eigenvalue weighted by Crippen LogP contribution is 2.20. The van der Waals surface area contributed by atoms with Crippen LogP contribution in [0.3, 0.4) is 0 Å². The van der Waals surface area contributed by atoms with Gasteiger partial charge >= 0.3 is 0 Å². The zero-order chi connectivity index (χ0) is 23.3. The maximum Gasteiger partial charge on any atom is 0.258 e. The van der Waals surface area contributed by atoms with Crippen LogP contribution in [-0.4, -0.2) is 77.5 Å². The summed E-state index contributed by atoms with van der Waals surface area (Å²) in [6.07, 6.45) is 1.22. The number of nitrogens with one attached hydrogen (secondary N) is 2. The Morgan fingerprint density at radius 3 is 2.78 bits per heavy atom. The van der Waals surface area contributed by atoms with Gasteiger partial charge in [0.15, 0.2) is 0 Å². The molecule has 174 valence electrons. The lowest BCUT2D eigenvalue weighted by Gasteiger charge is -2.20. The van der Waals surface area contributed by atoms with Crippen LogP contribution in [0.4, 0.5) is 0 Å². The molecule has 1 aliphatic heterocycles. The average Bonchev–Trinajstić information content (AvgIpc) is 3.24. The van der Waals surface area contributed by atoms with Crippen LogP contribution >= 0.6 is 0 Å². The topological polar surface area (TPSA) is 108 Å². The molecule has 0 aliphatic carbocycles. The van der Waals surface area contributed by atoms with Crippen molar-refractivity contribution >= 4 is 22.7 Å². The molecule has 2 amide bonds. The fraction of sp³-hybridized carbons (Fsp3) is 0.565. The van der Waals surface area contributed by atoms with E-state index in [-0.39, 0.29) is 23.5 Å². The van der Waals surface area contributed by atoms with Gasteiger partial charge in [-0.1, -0.05) is 19.1 Å². The van der Waals surface area contributed by atoms with E-state index in [9.17, 15) is 14.4 Å². The van der Waals surface area contributed by atoms with E-state index >= 15 is 0 Å². The van der Waals surface area contributed by atoms with Crippen LogP contribution in [0.15, 0.2) is 23.0 Å². The molecule has 2 atom stereocenters. The molecule has 9 heteroatoms. The molecule has 0 saturated carbocycles. The van der Waals surface area contributed by atoms with Crippen molar-refractivity contribution in [3.05, 3.63) is 39.9 Å². The number of aryl methyl sites for hydroxylation is 1. The van der Waals surface area contributed by atoms with E-state index in [0.29, 0.717) is 49.2 Å². The molecule has 1 saturated heterocycles. The number of amides is 2. The monoisotopic (exact) mass is 443 g/mol. The Hall–Kier alpha value is -2.78. The number of ether oxygens (including phenoxy) is 1. The second kappa shape index (κ2) is 10.7. The van der Waals surface area contributed by atoms with E-state index in [1.165, 1.54) is 4.90 Å². The lowest BCUT2D eigenvalue weighted by molar-refractivity contribution is -0.140. The van der Waals surface area contributed by atoms with Gasteiger partial charge in [-0.2, -0.15) is 0 Å². The molecule has 3 rings (SSSR count). The van der Waals surface area contributed by atoms with Crippen molar-refractivity contribution in [3.8, 4) is 0 Å². The van der Waals surface area contributed by atoms with Gasteiger partial charge in [-0.05, 0) is 37.9 Å². The van der Waals surface area contributed by atoms with Gasteiger partial charge in [0.25, 0.3) is 11.5 Å². The molecule has 1 aromatic carbocycles. The number of para-hydroxylation sites is 1. The number of H-pyrrole nitrogens is 1. The summed E-state index contributed by atoms with van der Waals surface area (Å²) in [6.45, 7) is 6.09. The van der Waals surface area contributed by atoms with Crippen molar-refractivity contribution in [2.24, 2.45) is 0 Å². The molecule has 1 fully saturated rings. The van der Waals surface area contributed by atoms with Gasteiger partial charge in [-0.15, -0.1) is 0 Å². The molecule has 2 heterocycles. The Labute approximate surface area is 188 Å². The molecule has 1 aliphatic rings. The molecular formula is C23H33N5O4. The van der Waals surface area contributed by atoms with Crippen LogP contribution in [0, 0.1) is 6.92 Å². The number of likely N-dealkylation sites (N-methyl/N-ethyl adjacent to an activating group) is 1. The van der Waals surface area contributed by atoms with Gasteiger partial charge in [0.1, 0.15) is 11.9 Å². The van der Waals surface area contributed by atoms with Crippen LogP contribution in [0.1, 0.15) is 37.6 Å². The molecule has 2 N–H and O–H groups in total. The number of aromatic amines is 1. The van der Waals surface area contributed by atoms with E-state index < -0.39 is 6.10 Å². The average molecular weight is 444 g/mol. The largest absolute Gasteiger partial charge is 0.363 e. The van der Waals surface area contributed by atoms with E-state index in [1.54, 1.807) is 20.2 Å². The Kier molecular flexibility index (Phi) is 7.98. The number of hydrogen-bond donors (Lipinski definition) is 2. The van der Waals surface area contributed by atoms with Crippen molar-refractivity contribution in [2.45, 2.75) is 51.9 Å². The lowest BCUT2D eigenvalue weighted by Crippen LogP contribution is -2.37. The zero-order valence-corrected chi connectivity index (χ0v) is 19.3. The smallest absolute Gasteiger partial charge is 0.258 e.